The molecule has 2 atom stereocenters. The topological polar surface area (TPSA) is 32.3 Å². The number of hydrogen-bond donors (Lipinski definition) is 0. The lowest BCUT2D eigenvalue weighted by atomic mass is 9.96. The number of rotatable bonds is 4. The van der Waals surface area contributed by atoms with Gasteiger partial charge in [0, 0.05) is 50.7 Å². The molecular weight excluding hydrogens is 296 g/mol. The Kier molecular flexibility index (Phi) is 4.07. The molecule has 124 valence electrons. The van der Waals surface area contributed by atoms with E-state index in [0.29, 0.717) is 12.1 Å². The van der Waals surface area contributed by atoms with Gasteiger partial charge in [0.05, 0.1) is 0 Å². The standard InChI is InChI=1S/C20H24N4/c1-23(2)20-21-12-17(13-22-20)16-10-18-8-9-19(11-16)24(18)14-15-6-4-3-5-7-15/h3-7,10,12-13,18-19H,8-9,11,14H2,1-2H3. The zero-order valence-electron chi connectivity index (χ0n) is 14.4. The summed E-state index contributed by atoms with van der Waals surface area (Å²) in [7, 11) is 3.94. The van der Waals surface area contributed by atoms with Crippen LogP contribution in [0.15, 0.2) is 48.8 Å². The molecule has 0 spiro atoms. The predicted octanol–water partition coefficient (Wildman–Crippen LogP) is 3.36. The summed E-state index contributed by atoms with van der Waals surface area (Å²) < 4.78 is 0. The number of aromatic nitrogens is 2. The van der Waals surface area contributed by atoms with E-state index in [9.17, 15) is 0 Å². The van der Waals surface area contributed by atoms with Crippen LogP contribution in [-0.2, 0) is 6.54 Å². The molecular formula is C20H24N4. The van der Waals surface area contributed by atoms with Gasteiger partial charge in [0.2, 0.25) is 5.95 Å². The van der Waals surface area contributed by atoms with Crippen LogP contribution in [0.1, 0.15) is 30.4 Å². The van der Waals surface area contributed by atoms with Gasteiger partial charge >= 0.3 is 0 Å². The molecule has 2 unspecified atom stereocenters. The Morgan fingerprint density at radius 3 is 2.50 bits per heavy atom. The lowest BCUT2D eigenvalue weighted by Gasteiger charge is -2.34. The molecule has 1 aromatic heterocycles. The van der Waals surface area contributed by atoms with E-state index in [2.05, 4.69) is 51.3 Å². The zero-order valence-corrected chi connectivity index (χ0v) is 14.4. The minimum absolute atomic E-state index is 0.549. The summed E-state index contributed by atoms with van der Waals surface area (Å²) >= 11 is 0. The van der Waals surface area contributed by atoms with Gasteiger partial charge in [-0.1, -0.05) is 36.4 Å². The van der Waals surface area contributed by atoms with Gasteiger partial charge in [-0.05, 0) is 30.4 Å². The molecule has 24 heavy (non-hydrogen) atoms. The van der Waals surface area contributed by atoms with Crippen molar-refractivity contribution in [3.63, 3.8) is 0 Å². The quantitative estimate of drug-likeness (QED) is 0.864. The second-order valence-corrected chi connectivity index (χ2v) is 7.02. The van der Waals surface area contributed by atoms with Gasteiger partial charge in [0.25, 0.3) is 0 Å². The molecule has 2 bridgehead atoms. The van der Waals surface area contributed by atoms with Crippen LogP contribution >= 0.6 is 0 Å². The molecule has 2 aliphatic rings. The predicted molar refractivity (Wildman–Crippen MR) is 97.7 cm³/mol. The van der Waals surface area contributed by atoms with Crippen molar-refractivity contribution in [2.45, 2.75) is 37.9 Å². The van der Waals surface area contributed by atoms with E-state index in [4.69, 9.17) is 0 Å². The zero-order chi connectivity index (χ0) is 16.5. The van der Waals surface area contributed by atoms with Crippen LogP contribution < -0.4 is 4.90 Å². The Bertz CT molecular complexity index is 721. The third kappa shape index (κ3) is 2.94. The number of benzene rings is 1. The Balaban J connectivity index is 1.53. The molecule has 2 aromatic rings. The maximum absolute atomic E-state index is 4.47. The SMILES string of the molecule is CN(C)c1ncc(C2=CC3CCC(C2)N3Cc2ccccc2)cn1. The fourth-order valence-electron chi connectivity index (χ4n) is 3.89. The largest absolute Gasteiger partial charge is 0.347 e. The number of hydrogen-bond acceptors (Lipinski definition) is 4. The van der Waals surface area contributed by atoms with E-state index in [0.717, 1.165) is 18.9 Å². The molecule has 0 aliphatic carbocycles. The summed E-state index contributed by atoms with van der Waals surface area (Å²) in [6.07, 6.45) is 10.0. The molecule has 1 saturated heterocycles. The molecule has 0 radical (unpaired) electrons. The van der Waals surface area contributed by atoms with Crippen LogP contribution in [0.3, 0.4) is 0 Å². The highest BCUT2D eigenvalue weighted by Crippen LogP contribution is 2.39. The average molecular weight is 320 g/mol. The Hall–Kier alpha value is -2.20. The van der Waals surface area contributed by atoms with Gasteiger partial charge in [-0.25, -0.2) is 9.97 Å². The second kappa shape index (κ2) is 6.36. The highest BCUT2D eigenvalue weighted by molar-refractivity contribution is 5.67. The molecule has 0 amide bonds. The minimum atomic E-state index is 0.549. The smallest absolute Gasteiger partial charge is 0.224 e. The molecule has 4 nitrogen and oxygen atoms in total. The Morgan fingerprint density at radius 2 is 1.83 bits per heavy atom. The van der Waals surface area contributed by atoms with Crippen LogP contribution in [-0.4, -0.2) is 41.0 Å². The van der Waals surface area contributed by atoms with Gasteiger partial charge < -0.3 is 4.90 Å². The maximum Gasteiger partial charge on any atom is 0.224 e. The third-order valence-corrected chi connectivity index (χ3v) is 5.16. The van der Waals surface area contributed by atoms with E-state index in [1.807, 2.05) is 31.4 Å². The first-order valence-electron chi connectivity index (χ1n) is 8.71. The van der Waals surface area contributed by atoms with Gasteiger partial charge in [0.15, 0.2) is 0 Å². The first-order chi connectivity index (χ1) is 11.7. The lowest BCUT2D eigenvalue weighted by molar-refractivity contribution is 0.203. The molecule has 1 aromatic carbocycles. The number of fused-ring (bicyclic) bond motifs is 2. The molecule has 0 saturated carbocycles. The Labute approximate surface area is 143 Å². The normalized spacial score (nSPS) is 23.2. The fourth-order valence-corrected chi connectivity index (χ4v) is 3.89. The molecule has 3 heterocycles. The van der Waals surface area contributed by atoms with Gasteiger partial charge in [-0.2, -0.15) is 0 Å². The first-order valence-corrected chi connectivity index (χ1v) is 8.71. The van der Waals surface area contributed by atoms with E-state index >= 15 is 0 Å². The van der Waals surface area contributed by atoms with Crippen molar-refractivity contribution in [1.82, 2.24) is 14.9 Å². The summed E-state index contributed by atoms with van der Waals surface area (Å²) in [5.41, 5.74) is 4.00. The van der Waals surface area contributed by atoms with E-state index < -0.39 is 0 Å². The summed E-state index contributed by atoms with van der Waals surface area (Å²) in [4.78, 5) is 13.5. The van der Waals surface area contributed by atoms with Crippen LogP contribution in [0.25, 0.3) is 5.57 Å². The molecule has 4 rings (SSSR count). The van der Waals surface area contributed by atoms with Crippen molar-refractivity contribution >= 4 is 11.5 Å². The molecule has 0 N–H and O–H groups in total. The van der Waals surface area contributed by atoms with Gasteiger partial charge in [-0.3, -0.25) is 4.90 Å². The van der Waals surface area contributed by atoms with Crippen molar-refractivity contribution in [3.8, 4) is 0 Å². The second-order valence-electron chi connectivity index (χ2n) is 7.02. The fraction of sp³-hybridized carbons (Fsp3) is 0.400. The Morgan fingerprint density at radius 1 is 1.08 bits per heavy atom. The number of nitrogens with zero attached hydrogens (tertiary/aromatic N) is 4. The highest BCUT2D eigenvalue weighted by atomic mass is 15.2. The van der Waals surface area contributed by atoms with Crippen LogP contribution in [0, 0.1) is 0 Å². The summed E-state index contributed by atoms with van der Waals surface area (Å²) in [5, 5.41) is 0. The number of anilines is 1. The highest BCUT2D eigenvalue weighted by Gasteiger charge is 2.36. The first kappa shape index (κ1) is 15.3. The minimum Gasteiger partial charge on any atom is -0.347 e. The van der Waals surface area contributed by atoms with Crippen LogP contribution in [0.4, 0.5) is 5.95 Å². The summed E-state index contributed by atoms with van der Waals surface area (Å²) in [5.74, 6) is 0.767. The lowest BCUT2D eigenvalue weighted by Crippen LogP contribution is -2.37. The average Bonchev–Trinajstić information content (AvgIpc) is 2.84. The van der Waals surface area contributed by atoms with Crippen molar-refractivity contribution in [3.05, 3.63) is 59.9 Å². The summed E-state index contributed by atoms with van der Waals surface area (Å²) in [6.45, 7) is 1.05. The van der Waals surface area contributed by atoms with Crippen molar-refractivity contribution in [1.29, 1.82) is 0 Å². The van der Waals surface area contributed by atoms with Crippen molar-refractivity contribution in [2.75, 3.05) is 19.0 Å². The summed E-state index contributed by atoms with van der Waals surface area (Å²) in [6, 6.07) is 12.0. The van der Waals surface area contributed by atoms with E-state index in [1.54, 1.807) is 0 Å². The van der Waals surface area contributed by atoms with Crippen LogP contribution in [0.5, 0.6) is 0 Å². The maximum atomic E-state index is 4.47. The van der Waals surface area contributed by atoms with Crippen molar-refractivity contribution < 1.29 is 0 Å². The van der Waals surface area contributed by atoms with Gasteiger partial charge in [-0.15, -0.1) is 0 Å². The molecule has 2 aliphatic heterocycles. The van der Waals surface area contributed by atoms with Crippen LogP contribution in [0.2, 0.25) is 0 Å². The van der Waals surface area contributed by atoms with E-state index in [1.165, 1.54) is 29.5 Å². The van der Waals surface area contributed by atoms with Crippen molar-refractivity contribution in [2.24, 2.45) is 0 Å². The van der Waals surface area contributed by atoms with E-state index in [-0.39, 0.29) is 0 Å². The molecule has 4 heteroatoms. The van der Waals surface area contributed by atoms with Gasteiger partial charge in [0.1, 0.15) is 0 Å². The molecule has 1 fully saturated rings. The third-order valence-electron chi connectivity index (χ3n) is 5.16. The monoisotopic (exact) mass is 320 g/mol.